The van der Waals surface area contributed by atoms with Crippen molar-refractivity contribution in [2.24, 2.45) is 11.8 Å². The lowest BCUT2D eigenvalue weighted by atomic mass is 9.78. The summed E-state index contributed by atoms with van der Waals surface area (Å²) in [5, 5.41) is 3.53. The molecule has 0 aromatic rings. The molecule has 2 heteroatoms. The molecule has 4 atom stereocenters. The molecule has 2 rings (SSSR count). The minimum absolute atomic E-state index is 0.820. The molecule has 0 bridgehead atoms. The molecule has 0 radical (unpaired) electrons. The third kappa shape index (κ3) is 3.23. The maximum absolute atomic E-state index is 3.53. The van der Waals surface area contributed by atoms with Gasteiger partial charge in [0.1, 0.15) is 0 Å². The van der Waals surface area contributed by atoms with Crippen molar-refractivity contribution in [3.05, 3.63) is 0 Å². The molecule has 1 heterocycles. The Morgan fingerprint density at radius 1 is 1.06 bits per heavy atom. The molecule has 0 aromatic carbocycles. The van der Waals surface area contributed by atoms with E-state index in [1.54, 1.807) is 0 Å². The van der Waals surface area contributed by atoms with E-state index in [4.69, 9.17) is 0 Å². The van der Waals surface area contributed by atoms with Crippen molar-refractivity contribution >= 4 is 0 Å². The van der Waals surface area contributed by atoms with Crippen LogP contribution >= 0.6 is 0 Å². The third-order valence-electron chi connectivity index (χ3n) is 5.02. The molecule has 1 saturated carbocycles. The van der Waals surface area contributed by atoms with Crippen LogP contribution in [0.5, 0.6) is 0 Å². The van der Waals surface area contributed by atoms with Crippen LogP contribution in [0.3, 0.4) is 0 Å². The van der Waals surface area contributed by atoms with Gasteiger partial charge in [-0.2, -0.15) is 0 Å². The van der Waals surface area contributed by atoms with E-state index in [1.165, 1.54) is 51.7 Å². The van der Waals surface area contributed by atoms with E-state index in [1.807, 2.05) is 0 Å². The Hall–Kier alpha value is -0.0800. The van der Waals surface area contributed by atoms with E-state index in [9.17, 15) is 0 Å². The summed E-state index contributed by atoms with van der Waals surface area (Å²) in [6.07, 6.45) is 6.96. The van der Waals surface area contributed by atoms with E-state index in [-0.39, 0.29) is 0 Å². The van der Waals surface area contributed by atoms with Crippen molar-refractivity contribution in [2.45, 2.75) is 65.0 Å². The van der Waals surface area contributed by atoms with Gasteiger partial charge in [-0.05, 0) is 57.0 Å². The number of nitrogens with zero attached hydrogens (tertiary/aromatic N) is 1. The average molecular weight is 238 g/mol. The maximum atomic E-state index is 3.53. The maximum Gasteiger partial charge on any atom is 0.0235 e. The van der Waals surface area contributed by atoms with Gasteiger partial charge in [0.25, 0.3) is 0 Å². The SMILES string of the molecule is CCCN(C1CCNC1)C1CCC(C)C(C)C1. The Morgan fingerprint density at radius 2 is 1.88 bits per heavy atom. The van der Waals surface area contributed by atoms with Gasteiger partial charge in [-0.3, -0.25) is 4.90 Å². The quantitative estimate of drug-likeness (QED) is 0.810. The lowest BCUT2D eigenvalue weighted by Gasteiger charge is -2.42. The molecular weight excluding hydrogens is 208 g/mol. The van der Waals surface area contributed by atoms with Gasteiger partial charge in [-0.1, -0.05) is 20.8 Å². The van der Waals surface area contributed by atoms with Gasteiger partial charge in [0.2, 0.25) is 0 Å². The van der Waals surface area contributed by atoms with Crippen LogP contribution in [0, 0.1) is 11.8 Å². The van der Waals surface area contributed by atoms with Gasteiger partial charge in [0.05, 0.1) is 0 Å². The van der Waals surface area contributed by atoms with Crippen LogP contribution < -0.4 is 5.32 Å². The van der Waals surface area contributed by atoms with Crippen LogP contribution in [0.4, 0.5) is 0 Å². The Labute approximate surface area is 107 Å². The van der Waals surface area contributed by atoms with Gasteiger partial charge in [0, 0.05) is 18.6 Å². The zero-order valence-corrected chi connectivity index (χ0v) is 11.9. The first-order valence-corrected chi connectivity index (χ1v) is 7.68. The van der Waals surface area contributed by atoms with Crippen LogP contribution in [0.2, 0.25) is 0 Å². The number of hydrogen-bond acceptors (Lipinski definition) is 2. The minimum atomic E-state index is 0.820. The summed E-state index contributed by atoms with van der Waals surface area (Å²) in [7, 11) is 0. The fourth-order valence-corrected chi connectivity index (χ4v) is 3.66. The molecule has 2 fully saturated rings. The highest BCUT2D eigenvalue weighted by atomic mass is 15.2. The Kier molecular flexibility index (Phi) is 4.87. The highest BCUT2D eigenvalue weighted by molar-refractivity contribution is 4.88. The molecule has 2 aliphatic rings. The first-order valence-electron chi connectivity index (χ1n) is 7.68. The molecule has 1 N–H and O–H groups in total. The van der Waals surface area contributed by atoms with E-state index in [0.29, 0.717) is 0 Å². The van der Waals surface area contributed by atoms with Gasteiger partial charge in [0.15, 0.2) is 0 Å². The average Bonchev–Trinajstić information content (AvgIpc) is 2.83. The Morgan fingerprint density at radius 3 is 2.47 bits per heavy atom. The molecule has 17 heavy (non-hydrogen) atoms. The summed E-state index contributed by atoms with van der Waals surface area (Å²) in [5.74, 6) is 1.86. The molecule has 0 amide bonds. The summed E-state index contributed by atoms with van der Waals surface area (Å²) in [4.78, 5) is 2.84. The largest absolute Gasteiger partial charge is 0.315 e. The van der Waals surface area contributed by atoms with Gasteiger partial charge in [-0.25, -0.2) is 0 Å². The topological polar surface area (TPSA) is 15.3 Å². The second-order valence-electron chi connectivity index (χ2n) is 6.31. The zero-order chi connectivity index (χ0) is 12.3. The van der Waals surface area contributed by atoms with Gasteiger partial charge in [-0.15, -0.1) is 0 Å². The molecule has 4 unspecified atom stereocenters. The lowest BCUT2D eigenvalue weighted by Crippen LogP contribution is -2.47. The normalized spacial score (nSPS) is 38.8. The number of rotatable bonds is 4. The van der Waals surface area contributed by atoms with E-state index >= 15 is 0 Å². The van der Waals surface area contributed by atoms with Crippen LogP contribution in [0.25, 0.3) is 0 Å². The molecule has 1 aliphatic heterocycles. The summed E-state index contributed by atoms with van der Waals surface area (Å²) in [5.41, 5.74) is 0. The second kappa shape index (κ2) is 6.19. The first-order chi connectivity index (χ1) is 8.22. The predicted octanol–water partition coefficient (Wildman–Crippen LogP) is 2.89. The first kappa shape index (κ1) is 13.4. The summed E-state index contributed by atoms with van der Waals surface area (Å²) in [6.45, 7) is 11.0. The van der Waals surface area contributed by atoms with Crippen LogP contribution in [0.15, 0.2) is 0 Å². The number of nitrogens with one attached hydrogen (secondary N) is 1. The van der Waals surface area contributed by atoms with Crippen LogP contribution in [-0.2, 0) is 0 Å². The molecule has 100 valence electrons. The van der Waals surface area contributed by atoms with E-state index in [2.05, 4.69) is 31.0 Å². The van der Waals surface area contributed by atoms with E-state index < -0.39 is 0 Å². The highest BCUT2D eigenvalue weighted by Gasteiger charge is 2.32. The fourth-order valence-electron chi connectivity index (χ4n) is 3.66. The number of hydrogen-bond donors (Lipinski definition) is 1. The van der Waals surface area contributed by atoms with Crippen molar-refractivity contribution in [3.8, 4) is 0 Å². The van der Waals surface area contributed by atoms with Gasteiger partial charge >= 0.3 is 0 Å². The Balaban J connectivity index is 1.95. The molecule has 1 aliphatic carbocycles. The van der Waals surface area contributed by atoms with Gasteiger partial charge < -0.3 is 5.32 Å². The smallest absolute Gasteiger partial charge is 0.0235 e. The molecule has 1 saturated heterocycles. The van der Waals surface area contributed by atoms with Crippen molar-refractivity contribution in [3.63, 3.8) is 0 Å². The molecule has 0 spiro atoms. The van der Waals surface area contributed by atoms with Crippen molar-refractivity contribution < 1.29 is 0 Å². The van der Waals surface area contributed by atoms with E-state index in [0.717, 1.165) is 23.9 Å². The molecule has 2 nitrogen and oxygen atoms in total. The van der Waals surface area contributed by atoms with Crippen molar-refractivity contribution in [2.75, 3.05) is 19.6 Å². The van der Waals surface area contributed by atoms with Crippen molar-refractivity contribution in [1.29, 1.82) is 0 Å². The summed E-state index contributed by atoms with van der Waals surface area (Å²) >= 11 is 0. The van der Waals surface area contributed by atoms with Crippen LogP contribution in [0.1, 0.15) is 52.9 Å². The second-order valence-corrected chi connectivity index (χ2v) is 6.31. The summed E-state index contributed by atoms with van der Waals surface area (Å²) < 4.78 is 0. The monoisotopic (exact) mass is 238 g/mol. The molecular formula is C15H30N2. The standard InChI is InChI=1S/C15H30N2/c1-4-9-17(15-7-8-16-11-15)14-6-5-12(2)13(3)10-14/h12-16H,4-11H2,1-3H3. The Bertz CT molecular complexity index is 223. The third-order valence-corrected chi connectivity index (χ3v) is 5.02. The highest BCUT2D eigenvalue weighted by Crippen LogP contribution is 2.33. The fraction of sp³-hybridized carbons (Fsp3) is 1.00. The van der Waals surface area contributed by atoms with Crippen LogP contribution in [-0.4, -0.2) is 36.6 Å². The van der Waals surface area contributed by atoms with Crippen molar-refractivity contribution in [1.82, 2.24) is 10.2 Å². The zero-order valence-electron chi connectivity index (χ0n) is 11.9. The lowest BCUT2D eigenvalue weighted by molar-refractivity contribution is 0.0773. The molecule has 0 aromatic heterocycles. The predicted molar refractivity (Wildman–Crippen MR) is 74.2 cm³/mol. The summed E-state index contributed by atoms with van der Waals surface area (Å²) in [6, 6.07) is 1.69. The minimum Gasteiger partial charge on any atom is -0.315 e.